The van der Waals surface area contributed by atoms with Gasteiger partial charge in [0.2, 0.25) is 11.8 Å². The summed E-state index contributed by atoms with van der Waals surface area (Å²) in [5.74, 6) is -2.94. The van der Waals surface area contributed by atoms with E-state index in [1.54, 1.807) is 12.1 Å². The van der Waals surface area contributed by atoms with E-state index < -0.39 is 30.2 Å². The van der Waals surface area contributed by atoms with Gasteiger partial charge in [0.25, 0.3) is 11.8 Å². The van der Waals surface area contributed by atoms with Gasteiger partial charge in [-0.05, 0) is 25.1 Å². The Bertz CT molecular complexity index is 1080. The number of carbonyl (C=O) groups is 4. The van der Waals surface area contributed by atoms with E-state index in [0.29, 0.717) is 4.47 Å². The van der Waals surface area contributed by atoms with Gasteiger partial charge >= 0.3 is 5.97 Å². The number of anilines is 1. The van der Waals surface area contributed by atoms with Crippen LogP contribution in [0.3, 0.4) is 0 Å². The van der Waals surface area contributed by atoms with E-state index in [4.69, 9.17) is 4.42 Å². The van der Waals surface area contributed by atoms with Crippen molar-refractivity contribution in [3.05, 3.63) is 50.7 Å². The Morgan fingerprint density at radius 3 is 2.61 bits per heavy atom. The van der Waals surface area contributed by atoms with Crippen molar-refractivity contribution in [1.82, 2.24) is 4.90 Å². The number of nitrogens with one attached hydrogen (secondary N) is 1. The lowest BCUT2D eigenvalue weighted by molar-refractivity contribution is -0.116. The number of methoxy groups -OCH3 is 1. The normalized spacial score (nSPS) is 12.6. The van der Waals surface area contributed by atoms with E-state index in [1.807, 2.05) is 0 Å². The van der Waals surface area contributed by atoms with Crippen molar-refractivity contribution >= 4 is 45.5 Å². The molecule has 1 N–H and O–H groups in total. The molecule has 3 rings (SSSR count). The molecule has 0 spiro atoms. The van der Waals surface area contributed by atoms with Gasteiger partial charge in [-0.1, -0.05) is 15.9 Å². The lowest BCUT2D eigenvalue weighted by Gasteiger charge is -2.12. The van der Waals surface area contributed by atoms with Gasteiger partial charge in [0.05, 0.1) is 18.2 Å². The van der Waals surface area contributed by atoms with E-state index in [1.165, 1.54) is 19.1 Å². The third-order valence-corrected chi connectivity index (χ3v) is 4.57. The highest BCUT2D eigenvalue weighted by molar-refractivity contribution is 9.10. The highest BCUT2D eigenvalue weighted by Crippen LogP contribution is 2.28. The molecule has 2 heterocycles. The second-order valence-corrected chi connectivity index (χ2v) is 6.69. The first kappa shape index (κ1) is 19.3. The van der Waals surface area contributed by atoms with Crippen LogP contribution in [0.15, 0.2) is 27.1 Å². The standard InChI is InChI=1S/C18H12BrN3O6/c1-8-14(18(26)27-2)12(6-20)15(28-8)21-13(23)7-22-16(24)10-4-3-9(19)5-11(10)17(22)25/h3-5H,7H2,1-2H3,(H,21,23). The summed E-state index contributed by atoms with van der Waals surface area (Å²) in [5.41, 5.74) is 0.0714. The van der Waals surface area contributed by atoms with Gasteiger partial charge in [-0.25, -0.2) is 4.79 Å². The number of nitriles is 1. The molecule has 1 aliphatic heterocycles. The highest BCUT2D eigenvalue weighted by Gasteiger charge is 2.37. The summed E-state index contributed by atoms with van der Waals surface area (Å²) in [6, 6.07) is 6.38. The molecule has 0 bridgehead atoms. The monoisotopic (exact) mass is 445 g/mol. The fourth-order valence-corrected chi connectivity index (χ4v) is 3.16. The highest BCUT2D eigenvalue weighted by atomic mass is 79.9. The summed E-state index contributed by atoms with van der Waals surface area (Å²) in [4.78, 5) is 49.7. The van der Waals surface area contributed by atoms with Gasteiger partial charge in [-0.3, -0.25) is 24.6 Å². The zero-order chi connectivity index (χ0) is 20.6. The van der Waals surface area contributed by atoms with Gasteiger partial charge in [-0.2, -0.15) is 5.26 Å². The number of amides is 3. The number of hydrogen-bond donors (Lipinski definition) is 1. The molecule has 1 aliphatic rings. The molecule has 0 saturated heterocycles. The number of benzene rings is 1. The molecule has 0 fully saturated rings. The Labute approximate surface area is 167 Å². The maximum atomic E-state index is 12.4. The maximum absolute atomic E-state index is 12.4. The van der Waals surface area contributed by atoms with Crippen LogP contribution in [0.1, 0.15) is 42.4 Å². The molecule has 0 atom stereocenters. The molecule has 0 radical (unpaired) electrons. The van der Waals surface area contributed by atoms with Crippen molar-refractivity contribution in [1.29, 1.82) is 5.26 Å². The van der Waals surface area contributed by atoms with Crippen LogP contribution in [0.5, 0.6) is 0 Å². The predicted octanol–water partition coefficient (Wildman–Crippen LogP) is 2.24. The first-order chi connectivity index (χ1) is 13.3. The van der Waals surface area contributed by atoms with Crippen LogP contribution >= 0.6 is 15.9 Å². The van der Waals surface area contributed by atoms with E-state index in [9.17, 15) is 24.4 Å². The number of esters is 1. The first-order valence-electron chi connectivity index (χ1n) is 7.85. The number of furan rings is 1. The molecule has 2 aromatic rings. The average Bonchev–Trinajstić information content (AvgIpc) is 3.09. The average molecular weight is 446 g/mol. The number of ether oxygens (including phenoxy) is 1. The minimum Gasteiger partial charge on any atom is -0.465 e. The first-order valence-corrected chi connectivity index (χ1v) is 8.65. The summed E-state index contributed by atoms with van der Waals surface area (Å²) in [5, 5.41) is 11.6. The van der Waals surface area contributed by atoms with E-state index in [-0.39, 0.29) is 33.9 Å². The molecule has 1 aromatic carbocycles. The van der Waals surface area contributed by atoms with Crippen LogP contribution in [-0.2, 0) is 9.53 Å². The third-order valence-electron chi connectivity index (χ3n) is 4.07. The molecule has 0 unspecified atom stereocenters. The SMILES string of the molecule is COC(=O)c1c(C)oc(NC(=O)CN2C(=O)c3ccc(Br)cc3C2=O)c1C#N. The zero-order valence-electron chi connectivity index (χ0n) is 14.7. The number of aryl methyl sites for hydroxylation is 1. The quantitative estimate of drug-likeness (QED) is 0.563. The molecule has 10 heteroatoms. The Hall–Kier alpha value is -3.45. The third kappa shape index (κ3) is 3.16. The Morgan fingerprint density at radius 1 is 1.29 bits per heavy atom. The lowest BCUT2D eigenvalue weighted by Crippen LogP contribution is -2.37. The minimum absolute atomic E-state index is 0.0873. The largest absolute Gasteiger partial charge is 0.465 e. The number of hydrogen-bond acceptors (Lipinski definition) is 7. The number of rotatable bonds is 4. The van der Waals surface area contributed by atoms with Crippen LogP contribution in [-0.4, -0.2) is 42.2 Å². The second-order valence-electron chi connectivity index (χ2n) is 5.78. The van der Waals surface area contributed by atoms with E-state index in [0.717, 1.165) is 12.0 Å². The molecule has 3 amide bonds. The van der Waals surface area contributed by atoms with E-state index in [2.05, 4.69) is 26.0 Å². The molecule has 0 aliphatic carbocycles. The molecular weight excluding hydrogens is 434 g/mol. The Morgan fingerprint density at radius 2 is 1.96 bits per heavy atom. The van der Waals surface area contributed by atoms with Gasteiger partial charge in [0.15, 0.2) is 0 Å². The predicted molar refractivity (Wildman–Crippen MR) is 97.6 cm³/mol. The fraction of sp³-hybridized carbons (Fsp3) is 0.167. The van der Waals surface area contributed by atoms with Crippen LogP contribution in [0.4, 0.5) is 5.88 Å². The number of nitrogens with zero attached hydrogens (tertiary/aromatic N) is 2. The van der Waals surface area contributed by atoms with Gasteiger partial charge in [0, 0.05) is 4.47 Å². The van der Waals surface area contributed by atoms with Gasteiger partial charge < -0.3 is 9.15 Å². The van der Waals surface area contributed by atoms with Crippen LogP contribution < -0.4 is 5.32 Å². The van der Waals surface area contributed by atoms with Crippen molar-refractivity contribution < 1.29 is 28.3 Å². The zero-order valence-corrected chi connectivity index (χ0v) is 16.2. The van der Waals surface area contributed by atoms with E-state index >= 15 is 0 Å². The smallest absolute Gasteiger partial charge is 0.342 e. The molecular formula is C18H12BrN3O6. The molecule has 28 heavy (non-hydrogen) atoms. The van der Waals surface area contributed by atoms with Crippen LogP contribution in [0.25, 0.3) is 0 Å². The van der Waals surface area contributed by atoms with Crippen molar-refractivity contribution in [2.75, 3.05) is 19.0 Å². The maximum Gasteiger partial charge on any atom is 0.342 e. The van der Waals surface area contributed by atoms with Crippen LogP contribution in [0, 0.1) is 18.3 Å². The second kappa shape index (κ2) is 7.28. The molecule has 9 nitrogen and oxygen atoms in total. The molecule has 0 saturated carbocycles. The molecule has 1 aromatic heterocycles. The van der Waals surface area contributed by atoms with Gasteiger partial charge in [-0.15, -0.1) is 0 Å². The molecule has 142 valence electrons. The minimum atomic E-state index is -0.788. The topological polar surface area (TPSA) is 130 Å². The summed E-state index contributed by atoms with van der Waals surface area (Å²) in [6.07, 6.45) is 0. The Balaban J connectivity index is 1.81. The van der Waals surface area contributed by atoms with Crippen molar-refractivity contribution in [2.45, 2.75) is 6.92 Å². The number of fused-ring (bicyclic) bond motifs is 1. The van der Waals surface area contributed by atoms with Crippen molar-refractivity contribution in [3.8, 4) is 6.07 Å². The van der Waals surface area contributed by atoms with Crippen LogP contribution in [0.2, 0.25) is 0 Å². The summed E-state index contributed by atoms with van der Waals surface area (Å²) >= 11 is 3.23. The Kier molecular flexibility index (Phi) is 5.02. The number of imide groups is 1. The van der Waals surface area contributed by atoms with Gasteiger partial charge in [0.1, 0.15) is 29.5 Å². The fourth-order valence-electron chi connectivity index (χ4n) is 2.80. The summed E-state index contributed by atoms with van der Waals surface area (Å²) < 4.78 is 10.5. The van der Waals surface area contributed by atoms with Crippen molar-refractivity contribution in [3.63, 3.8) is 0 Å². The number of halogens is 1. The summed E-state index contributed by atoms with van der Waals surface area (Å²) in [7, 11) is 1.15. The summed E-state index contributed by atoms with van der Waals surface area (Å²) in [6.45, 7) is 0.854. The lowest BCUT2D eigenvalue weighted by atomic mass is 10.1. The number of carbonyl (C=O) groups excluding carboxylic acids is 4. The van der Waals surface area contributed by atoms with Crippen molar-refractivity contribution in [2.24, 2.45) is 0 Å².